The van der Waals surface area contributed by atoms with Crippen LogP contribution in [-0.2, 0) is 13.2 Å². The Morgan fingerprint density at radius 2 is 2.05 bits per heavy atom. The Morgan fingerprint density at radius 1 is 1.19 bits per heavy atom. The number of rotatable bonds is 6. The SMILES string of the molecule is Cc1ccc(COc2cccc(CNC3CC3)c2)c(Cl)c1. The van der Waals surface area contributed by atoms with E-state index in [1.54, 1.807) is 0 Å². The molecular formula is C18H20ClNO. The molecule has 0 heterocycles. The maximum absolute atomic E-state index is 6.23. The number of ether oxygens (including phenoxy) is 1. The van der Waals surface area contributed by atoms with Crippen molar-refractivity contribution in [2.75, 3.05) is 0 Å². The second-order valence-electron chi connectivity index (χ2n) is 5.69. The first kappa shape index (κ1) is 14.4. The lowest BCUT2D eigenvalue weighted by molar-refractivity contribution is 0.306. The largest absolute Gasteiger partial charge is 0.489 e. The molecule has 1 fully saturated rings. The van der Waals surface area contributed by atoms with Gasteiger partial charge in [0.25, 0.3) is 0 Å². The molecule has 0 aromatic heterocycles. The van der Waals surface area contributed by atoms with E-state index in [9.17, 15) is 0 Å². The van der Waals surface area contributed by atoms with Crippen LogP contribution >= 0.6 is 11.6 Å². The predicted octanol–water partition coefficient (Wildman–Crippen LogP) is 4.48. The van der Waals surface area contributed by atoms with E-state index >= 15 is 0 Å². The van der Waals surface area contributed by atoms with E-state index < -0.39 is 0 Å². The van der Waals surface area contributed by atoms with E-state index in [-0.39, 0.29) is 0 Å². The number of aryl methyl sites for hydroxylation is 1. The number of nitrogens with one attached hydrogen (secondary N) is 1. The lowest BCUT2D eigenvalue weighted by Gasteiger charge is -2.10. The van der Waals surface area contributed by atoms with Crippen LogP contribution in [0.25, 0.3) is 0 Å². The molecule has 2 nitrogen and oxygen atoms in total. The summed E-state index contributed by atoms with van der Waals surface area (Å²) in [5, 5.41) is 4.28. The van der Waals surface area contributed by atoms with Gasteiger partial charge in [0.15, 0.2) is 0 Å². The first-order valence-corrected chi connectivity index (χ1v) is 7.78. The number of halogens is 1. The van der Waals surface area contributed by atoms with E-state index in [0.29, 0.717) is 6.61 Å². The average Bonchev–Trinajstić information content (AvgIpc) is 3.29. The Kier molecular flexibility index (Phi) is 4.47. The third kappa shape index (κ3) is 4.23. The van der Waals surface area contributed by atoms with Crippen molar-refractivity contribution in [3.63, 3.8) is 0 Å². The van der Waals surface area contributed by atoms with Gasteiger partial charge in [-0.15, -0.1) is 0 Å². The lowest BCUT2D eigenvalue weighted by atomic mass is 10.1. The van der Waals surface area contributed by atoms with Crippen molar-refractivity contribution in [1.82, 2.24) is 5.32 Å². The quantitative estimate of drug-likeness (QED) is 0.849. The van der Waals surface area contributed by atoms with Gasteiger partial charge in [-0.3, -0.25) is 0 Å². The molecule has 0 radical (unpaired) electrons. The molecule has 1 saturated carbocycles. The van der Waals surface area contributed by atoms with Crippen LogP contribution in [-0.4, -0.2) is 6.04 Å². The minimum atomic E-state index is 0.499. The first-order valence-electron chi connectivity index (χ1n) is 7.41. The predicted molar refractivity (Wildman–Crippen MR) is 86.8 cm³/mol. The molecule has 3 rings (SSSR count). The van der Waals surface area contributed by atoms with Crippen molar-refractivity contribution in [3.05, 3.63) is 64.2 Å². The van der Waals surface area contributed by atoms with Crippen molar-refractivity contribution in [1.29, 1.82) is 0 Å². The average molecular weight is 302 g/mol. The van der Waals surface area contributed by atoms with Gasteiger partial charge in [0.05, 0.1) is 0 Å². The molecule has 21 heavy (non-hydrogen) atoms. The van der Waals surface area contributed by atoms with E-state index in [0.717, 1.165) is 34.5 Å². The van der Waals surface area contributed by atoms with Crippen molar-refractivity contribution in [3.8, 4) is 5.75 Å². The van der Waals surface area contributed by atoms with Gasteiger partial charge in [0.2, 0.25) is 0 Å². The van der Waals surface area contributed by atoms with Gasteiger partial charge >= 0.3 is 0 Å². The molecule has 2 aromatic rings. The number of benzene rings is 2. The van der Waals surface area contributed by atoms with Gasteiger partial charge in [-0.1, -0.05) is 35.9 Å². The van der Waals surface area contributed by atoms with Crippen LogP contribution in [0.2, 0.25) is 5.02 Å². The standard InChI is InChI=1S/C18H20ClNO/c1-13-5-6-15(18(19)9-13)12-21-17-4-2-3-14(10-17)11-20-16-7-8-16/h2-6,9-10,16,20H,7-8,11-12H2,1H3. The highest BCUT2D eigenvalue weighted by Crippen LogP contribution is 2.22. The van der Waals surface area contributed by atoms with Crippen LogP contribution in [0.5, 0.6) is 5.75 Å². The Labute approximate surface area is 131 Å². The summed E-state index contributed by atoms with van der Waals surface area (Å²) in [7, 11) is 0. The fourth-order valence-electron chi connectivity index (χ4n) is 2.23. The summed E-state index contributed by atoms with van der Waals surface area (Å²) in [6, 6.07) is 15.0. The topological polar surface area (TPSA) is 21.3 Å². The third-order valence-electron chi connectivity index (χ3n) is 3.67. The van der Waals surface area contributed by atoms with Gasteiger partial charge in [0.1, 0.15) is 12.4 Å². The molecule has 110 valence electrons. The fraction of sp³-hybridized carbons (Fsp3) is 0.333. The van der Waals surface area contributed by atoms with Crippen LogP contribution in [0, 0.1) is 6.92 Å². The molecule has 0 atom stereocenters. The summed E-state index contributed by atoms with van der Waals surface area (Å²) < 4.78 is 5.86. The van der Waals surface area contributed by atoms with Crippen LogP contribution < -0.4 is 10.1 Å². The zero-order valence-electron chi connectivity index (χ0n) is 12.2. The van der Waals surface area contributed by atoms with Gasteiger partial charge in [-0.25, -0.2) is 0 Å². The van der Waals surface area contributed by atoms with Crippen LogP contribution in [0.1, 0.15) is 29.5 Å². The highest BCUT2D eigenvalue weighted by Gasteiger charge is 2.19. The van der Waals surface area contributed by atoms with Crippen LogP contribution in [0.15, 0.2) is 42.5 Å². The van der Waals surface area contributed by atoms with E-state index in [2.05, 4.69) is 23.5 Å². The smallest absolute Gasteiger partial charge is 0.120 e. The Bertz CT molecular complexity index is 622. The third-order valence-corrected chi connectivity index (χ3v) is 4.03. The molecule has 0 spiro atoms. The molecular weight excluding hydrogens is 282 g/mol. The second-order valence-corrected chi connectivity index (χ2v) is 6.09. The van der Waals surface area contributed by atoms with E-state index in [4.69, 9.17) is 16.3 Å². The van der Waals surface area contributed by atoms with Gasteiger partial charge in [-0.2, -0.15) is 0 Å². The summed E-state index contributed by atoms with van der Waals surface area (Å²) in [6.07, 6.45) is 2.62. The normalized spacial score (nSPS) is 14.2. The van der Waals surface area contributed by atoms with Gasteiger partial charge < -0.3 is 10.1 Å². The fourth-order valence-corrected chi connectivity index (χ4v) is 2.52. The molecule has 0 bridgehead atoms. The second kappa shape index (κ2) is 6.50. The number of hydrogen-bond donors (Lipinski definition) is 1. The maximum Gasteiger partial charge on any atom is 0.120 e. The summed E-state index contributed by atoms with van der Waals surface area (Å²) in [6.45, 7) is 3.44. The lowest BCUT2D eigenvalue weighted by Crippen LogP contribution is -2.15. The Hall–Kier alpha value is -1.51. The van der Waals surface area contributed by atoms with Gasteiger partial charge in [-0.05, 0) is 49.1 Å². The van der Waals surface area contributed by atoms with Crippen molar-refractivity contribution in [2.24, 2.45) is 0 Å². The number of hydrogen-bond acceptors (Lipinski definition) is 2. The highest BCUT2D eigenvalue weighted by atomic mass is 35.5. The van der Waals surface area contributed by atoms with Crippen molar-refractivity contribution in [2.45, 2.75) is 39.0 Å². The molecule has 0 unspecified atom stereocenters. The maximum atomic E-state index is 6.23. The van der Waals surface area contributed by atoms with Crippen molar-refractivity contribution < 1.29 is 4.74 Å². The molecule has 1 aliphatic carbocycles. The molecule has 0 saturated heterocycles. The molecule has 0 amide bonds. The Balaban J connectivity index is 1.60. The van der Waals surface area contributed by atoms with E-state index in [1.807, 2.05) is 31.2 Å². The van der Waals surface area contributed by atoms with E-state index in [1.165, 1.54) is 18.4 Å². The van der Waals surface area contributed by atoms with Crippen LogP contribution in [0.4, 0.5) is 0 Å². The summed E-state index contributed by atoms with van der Waals surface area (Å²) in [5.41, 5.74) is 3.44. The molecule has 2 aromatic carbocycles. The monoisotopic (exact) mass is 301 g/mol. The van der Waals surface area contributed by atoms with Crippen molar-refractivity contribution >= 4 is 11.6 Å². The minimum Gasteiger partial charge on any atom is -0.489 e. The summed E-state index contributed by atoms with van der Waals surface area (Å²) in [4.78, 5) is 0. The highest BCUT2D eigenvalue weighted by molar-refractivity contribution is 6.31. The summed E-state index contributed by atoms with van der Waals surface area (Å²) >= 11 is 6.23. The van der Waals surface area contributed by atoms with Crippen LogP contribution in [0.3, 0.4) is 0 Å². The first-order chi connectivity index (χ1) is 10.2. The summed E-state index contributed by atoms with van der Waals surface area (Å²) in [5.74, 6) is 0.890. The minimum absolute atomic E-state index is 0.499. The molecule has 1 aliphatic rings. The molecule has 3 heteroatoms. The Morgan fingerprint density at radius 3 is 2.81 bits per heavy atom. The molecule has 1 N–H and O–H groups in total. The zero-order valence-corrected chi connectivity index (χ0v) is 13.0. The van der Waals surface area contributed by atoms with Gasteiger partial charge in [0, 0.05) is 23.2 Å². The molecule has 0 aliphatic heterocycles. The zero-order chi connectivity index (χ0) is 14.7.